The van der Waals surface area contributed by atoms with Crippen LogP contribution in [0.4, 0.5) is 5.69 Å². The topological polar surface area (TPSA) is 3.24 Å². The third-order valence-electron chi connectivity index (χ3n) is 5.12. The third-order valence-corrected chi connectivity index (χ3v) is 5.12. The average molecular weight is 305 g/mol. The highest BCUT2D eigenvalue weighted by Crippen LogP contribution is 2.41. The summed E-state index contributed by atoms with van der Waals surface area (Å²) in [6.45, 7) is 9.06. The Morgan fingerprint density at radius 1 is 0.783 bits per heavy atom. The largest absolute Gasteiger partial charge is 0.353 e. The van der Waals surface area contributed by atoms with E-state index in [1.807, 2.05) is 0 Å². The second-order valence-corrected chi connectivity index (χ2v) is 7.36. The minimum Gasteiger partial charge on any atom is -0.353 e. The van der Waals surface area contributed by atoms with Crippen LogP contribution in [0, 0.1) is 0 Å². The zero-order chi connectivity index (χ0) is 16.5. The van der Waals surface area contributed by atoms with Gasteiger partial charge in [-0.15, -0.1) is 0 Å². The number of para-hydroxylation sites is 1. The van der Waals surface area contributed by atoms with Crippen LogP contribution >= 0.6 is 0 Å². The summed E-state index contributed by atoms with van der Waals surface area (Å²) in [6.07, 6.45) is 16.1. The van der Waals surface area contributed by atoms with Gasteiger partial charge in [-0.2, -0.15) is 0 Å². The van der Waals surface area contributed by atoms with Crippen molar-refractivity contribution in [3.05, 3.63) is 77.9 Å². The second-order valence-electron chi connectivity index (χ2n) is 7.36. The van der Waals surface area contributed by atoms with Gasteiger partial charge in [0.25, 0.3) is 0 Å². The number of benzene rings is 1. The molecular formula is C22H27N. The van der Waals surface area contributed by atoms with Gasteiger partial charge in [0.1, 0.15) is 0 Å². The molecule has 3 rings (SSSR count). The highest BCUT2D eigenvalue weighted by molar-refractivity contribution is 5.57. The van der Waals surface area contributed by atoms with Crippen LogP contribution in [-0.4, -0.2) is 11.1 Å². The lowest BCUT2D eigenvalue weighted by atomic mass is 9.80. The van der Waals surface area contributed by atoms with Crippen molar-refractivity contribution < 1.29 is 0 Å². The molecule has 2 atom stereocenters. The molecule has 2 unspecified atom stereocenters. The van der Waals surface area contributed by atoms with Crippen LogP contribution in [-0.2, 0) is 0 Å². The van der Waals surface area contributed by atoms with E-state index in [0.29, 0.717) is 0 Å². The standard InChI is InChI=1S/C22H27N/c1-18-10-14-21(3,15-11-18)23(20-8-6-5-7-9-20)22(4)16-12-19(2)13-17-22/h5-14,16H,15,17H2,1-4H3. The van der Waals surface area contributed by atoms with Crippen molar-refractivity contribution in [2.75, 3.05) is 4.90 Å². The van der Waals surface area contributed by atoms with Crippen LogP contribution in [0.3, 0.4) is 0 Å². The molecule has 1 aromatic rings. The quantitative estimate of drug-likeness (QED) is 0.680. The number of allylic oxidation sites excluding steroid dienone is 4. The van der Waals surface area contributed by atoms with E-state index in [9.17, 15) is 0 Å². The molecule has 23 heavy (non-hydrogen) atoms. The average Bonchev–Trinajstić information content (AvgIpc) is 2.55. The Kier molecular flexibility index (Phi) is 4.06. The van der Waals surface area contributed by atoms with Gasteiger partial charge in [-0.1, -0.05) is 65.8 Å². The first-order valence-corrected chi connectivity index (χ1v) is 8.50. The van der Waals surface area contributed by atoms with Crippen molar-refractivity contribution in [3.63, 3.8) is 0 Å². The summed E-state index contributed by atoms with van der Waals surface area (Å²) in [5.74, 6) is 0. The Morgan fingerprint density at radius 3 is 1.65 bits per heavy atom. The Bertz CT molecular complexity index is 650. The Morgan fingerprint density at radius 2 is 1.26 bits per heavy atom. The molecule has 1 heteroatoms. The van der Waals surface area contributed by atoms with Gasteiger partial charge in [0.2, 0.25) is 0 Å². The second kappa shape index (κ2) is 5.88. The number of hydrogen-bond acceptors (Lipinski definition) is 1. The predicted octanol–water partition coefficient (Wildman–Crippen LogP) is 5.82. The molecule has 2 aliphatic carbocycles. The summed E-state index contributed by atoms with van der Waals surface area (Å²) >= 11 is 0. The molecule has 0 saturated carbocycles. The van der Waals surface area contributed by atoms with E-state index in [1.54, 1.807) is 0 Å². The number of anilines is 1. The first-order valence-electron chi connectivity index (χ1n) is 8.50. The van der Waals surface area contributed by atoms with Crippen molar-refractivity contribution in [2.45, 2.75) is 51.6 Å². The van der Waals surface area contributed by atoms with Crippen LogP contribution in [0.15, 0.2) is 77.9 Å². The molecule has 0 fully saturated rings. The van der Waals surface area contributed by atoms with Crippen LogP contribution < -0.4 is 4.90 Å². The lowest BCUT2D eigenvalue weighted by Gasteiger charge is -2.52. The molecule has 1 nitrogen and oxygen atoms in total. The minimum atomic E-state index is -0.0148. The summed E-state index contributed by atoms with van der Waals surface area (Å²) in [5, 5.41) is 0. The van der Waals surface area contributed by atoms with Crippen molar-refractivity contribution >= 4 is 5.69 Å². The van der Waals surface area contributed by atoms with Crippen LogP contribution in [0.5, 0.6) is 0 Å². The number of nitrogens with zero attached hydrogens (tertiary/aromatic N) is 1. The monoisotopic (exact) mass is 305 g/mol. The fourth-order valence-corrected chi connectivity index (χ4v) is 3.71. The zero-order valence-corrected chi connectivity index (χ0v) is 14.7. The SMILES string of the molecule is CC1=CCC(C)(N(c2ccccc2)C2(C)C=CC(C)=CC2)C=C1. The fraction of sp³-hybridized carbons (Fsp3) is 0.364. The summed E-state index contributed by atoms with van der Waals surface area (Å²) in [5.41, 5.74) is 3.97. The molecule has 0 aliphatic heterocycles. The van der Waals surface area contributed by atoms with E-state index in [2.05, 4.69) is 99.4 Å². The predicted molar refractivity (Wildman–Crippen MR) is 101 cm³/mol. The van der Waals surface area contributed by atoms with Gasteiger partial charge in [0.15, 0.2) is 0 Å². The molecule has 1 aromatic carbocycles. The van der Waals surface area contributed by atoms with E-state index < -0.39 is 0 Å². The van der Waals surface area contributed by atoms with Crippen LogP contribution in [0.2, 0.25) is 0 Å². The molecule has 0 bridgehead atoms. The van der Waals surface area contributed by atoms with Crippen LogP contribution in [0.25, 0.3) is 0 Å². The molecule has 0 saturated heterocycles. The minimum absolute atomic E-state index is 0.0148. The van der Waals surface area contributed by atoms with E-state index in [4.69, 9.17) is 0 Å². The smallest absolute Gasteiger partial charge is 0.0603 e. The molecule has 2 aliphatic rings. The zero-order valence-electron chi connectivity index (χ0n) is 14.7. The molecular weight excluding hydrogens is 278 g/mol. The van der Waals surface area contributed by atoms with E-state index in [0.717, 1.165) is 12.8 Å². The van der Waals surface area contributed by atoms with E-state index in [1.165, 1.54) is 16.8 Å². The first kappa shape index (κ1) is 15.9. The highest BCUT2D eigenvalue weighted by Gasteiger charge is 2.41. The van der Waals surface area contributed by atoms with E-state index >= 15 is 0 Å². The molecule has 0 N–H and O–H groups in total. The maximum absolute atomic E-state index is 2.60. The molecule has 0 heterocycles. The summed E-state index contributed by atoms with van der Waals surface area (Å²) in [6, 6.07) is 10.8. The lowest BCUT2D eigenvalue weighted by molar-refractivity contribution is 0.395. The van der Waals surface area contributed by atoms with Crippen LogP contribution in [0.1, 0.15) is 40.5 Å². The normalized spacial score (nSPS) is 29.9. The van der Waals surface area contributed by atoms with Gasteiger partial charge in [-0.05, 0) is 52.7 Å². The highest BCUT2D eigenvalue weighted by atomic mass is 15.3. The molecule has 0 radical (unpaired) electrons. The molecule has 120 valence electrons. The maximum atomic E-state index is 2.60. The van der Waals surface area contributed by atoms with Crippen molar-refractivity contribution in [1.82, 2.24) is 0 Å². The third kappa shape index (κ3) is 3.06. The van der Waals surface area contributed by atoms with Gasteiger partial charge < -0.3 is 4.90 Å². The Labute approximate surface area is 140 Å². The van der Waals surface area contributed by atoms with Gasteiger partial charge in [0, 0.05) is 5.69 Å². The molecule has 0 amide bonds. The number of rotatable bonds is 3. The van der Waals surface area contributed by atoms with Gasteiger partial charge in [-0.25, -0.2) is 0 Å². The summed E-state index contributed by atoms with van der Waals surface area (Å²) in [7, 11) is 0. The van der Waals surface area contributed by atoms with Gasteiger partial charge in [-0.3, -0.25) is 0 Å². The first-order chi connectivity index (χ1) is 10.9. The Balaban J connectivity index is 2.06. The van der Waals surface area contributed by atoms with Crippen molar-refractivity contribution in [3.8, 4) is 0 Å². The van der Waals surface area contributed by atoms with Gasteiger partial charge in [0.05, 0.1) is 11.1 Å². The van der Waals surface area contributed by atoms with Gasteiger partial charge >= 0.3 is 0 Å². The van der Waals surface area contributed by atoms with Crippen molar-refractivity contribution in [1.29, 1.82) is 0 Å². The molecule has 0 aromatic heterocycles. The lowest BCUT2D eigenvalue weighted by Crippen LogP contribution is -2.57. The maximum Gasteiger partial charge on any atom is 0.0603 e. The summed E-state index contributed by atoms with van der Waals surface area (Å²) < 4.78 is 0. The van der Waals surface area contributed by atoms with Crippen molar-refractivity contribution in [2.24, 2.45) is 0 Å². The van der Waals surface area contributed by atoms with E-state index in [-0.39, 0.29) is 11.1 Å². The molecule has 0 spiro atoms. The Hall–Kier alpha value is -2.02. The summed E-state index contributed by atoms with van der Waals surface area (Å²) in [4.78, 5) is 2.60. The fourth-order valence-electron chi connectivity index (χ4n) is 3.71. The number of hydrogen-bond donors (Lipinski definition) is 0.